The average Bonchev–Trinajstić information content (AvgIpc) is 2.95. The number of hydrogen-bond acceptors (Lipinski definition) is 5. The number of amides is 1. The van der Waals surface area contributed by atoms with Crippen LogP contribution in [0.4, 0.5) is 0 Å². The van der Waals surface area contributed by atoms with E-state index in [2.05, 4.69) is 20.3 Å². The van der Waals surface area contributed by atoms with Gasteiger partial charge in [-0.25, -0.2) is 15.0 Å². The van der Waals surface area contributed by atoms with Crippen LogP contribution < -0.4 is 5.32 Å². The molecule has 0 aliphatic carbocycles. The third-order valence-electron chi connectivity index (χ3n) is 3.28. The molecule has 0 unspecified atom stereocenters. The molecule has 3 aromatic rings. The highest BCUT2D eigenvalue weighted by Crippen LogP contribution is 2.24. The third kappa shape index (κ3) is 3.42. The minimum atomic E-state index is -0.294. The Labute approximate surface area is 133 Å². The summed E-state index contributed by atoms with van der Waals surface area (Å²) >= 11 is 0. The van der Waals surface area contributed by atoms with Crippen molar-refractivity contribution in [3.05, 3.63) is 65.7 Å². The standard InChI is InChI=1S/C17H16N4O2/c1-11-8-14(20-10-19-11)9-18-17(22)15-16(23-12(2)21-15)13-6-4-3-5-7-13/h3-8,10H,9H2,1-2H3,(H,18,22). The molecule has 1 aromatic carbocycles. The molecule has 0 spiro atoms. The summed E-state index contributed by atoms with van der Waals surface area (Å²) in [5.74, 6) is 0.628. The molecule has 6 heteroatoms. The highest BCUT2D eigenvalue weighted by molar-refractivity contribution is 5.97. The van der Waals surface area contributed by atoms with Crippen molar-refractivity contribution in [3.63, 3.8) is 0 Å². The van der Waals surface area contributed by atoms with Crippen LogP contribution in [0.3, 0.4) is 0 Å². The van der Waals surface area contributed by atoms with Crippen molar-refractivity contribution in [1.82, 2.24) is 20.3 Å². The Morgan fingerprint density at radius 1 is 1.17 bits per heavy atom. The lowest BCUT2D eigenvalue weighted by molar-refractivity contribution is 0.0946. The molecule has 23 heavy (non-hydrogen) atoms. The Morgan fingerprint density at radius 3 is 2.70 bits per heavy atom. The van der Waals surface area contributed by atoms with Crippen LogP contribution in [0.1, 0.15) is 27.8 Å². The summed E-state index contributed by atoms with van der Waals surface area (Å²) in [6, 6.07) is 11.3. The number of rotatable bonds is 4. The number of nitrogens with one attached hydrogen (secondary N) is 1. The van der Waals surface area contributed by atoms with Gasteiger partial charge in [0.25, 0.3) is 5.91 Å². The topological polar surface area (TPSA) is 80.9 Å². The first-order chi connectivity index (χ1) is 11.1. The maximum absolute atomic E-state index is 12.4. The Morgan fingerprint density at radius 2 is 1.96 bits per heavy atom. The van der Waals surface area contributed by atoms with Crippen molar-refractivity contribution in [2.45, 2.75) is 20.4 Å². The second-order valence-corrected chi connectivity index (χ2v) is 5.11. The van der Waals surface area contributed by atoms with Gasteiger partial charge in [0.05, 0.1) is 12.2 Å². The molecule has 0 saturated carbocycles. The molecule has 0 bridgehead atoms. The fourth-order valence-electron chi connectivity index (χ4n) is 2.23. The fourth-order valence-corrected chi connectivity index (χ4v) is 2.23. The van der Waals surface area contributed by atoms with Gasteiger partial charge in [-0.1, -0.05) is 30.3 Å². The average molecular weight is 308 g/mol. The summed E-state index contributed by atoms with van der Waals surface area (Å²) < 4.78 is 5.60. The summed E-state index contributed by atoms with van der Waals surface area (Å²) in [7, 11) is 0. The highest BCUT2D eigenvalue weighted by Gasteiger charge is 2.19. The molecule has 0 fully saturated rings. The molecule has 1 N–H and O–H groups in total. The van der Waals surface area contributed by atoms with E-state index in [0.29, 0.717) is 18.2 Å². The van der Waals surface area contributed by atoms with Gasteiger partial charge < -0.3 is 9.73 Å². The van der Waals surface area contributed by atoms with Crippen molar-refractivity contribution < 1.29 is 9.21 Å². The molecule has 0 saturated heterocycles. The Bertz CT molecular complexity index is 828. The van der Waals surface area contributed by atoms with Crippen LogP contribution in [0.5, 0.6) is 0 Å². The predicted molar refractivity (Wildman–Crippen MR) is 84.6 cm³/mol. The normalized spacial score (nSPS) is 10.5. The van der Waals surface area contributed by atoms with Gasteiger partial charge in [0, 0.05) is 18.2 Å². The van der Waals surface area contributed by atoms with E-state index in [4.69, 9.17) is 4.42 Å². The summed E-state index contributed by atoms with van der Waals surface area (Å²) in [6.45, 7) is 3.90. The Balaban J connectivity index is 1.80. The van der Waals surface area contributed by atoms with E-state index in [1.807, 2.05) is 43.3 Å². The van der Waals surface area contributed by atoms with Crippen LogP contribution >= 0.6 is 0 Å². The van der Waals surface area contributed by atoms with E-state index < -0.39 is 0 Å². The molecule has 2 heterocycles. The monoisotopic (exact) mass is 308 g/mol. The molecule has 1 amide bonds. The second-order valence-electron chi connectivity index (χ2n) is 5.11. The number of hydrogen-bond donors (Lipinski definition) is 1. The number of carbonyl (C=O) groups excluding carboxylic acids is 1. The van der Waals surface area contributed by atoms with Gasteiger partial charge >= 0.3 is 0 Å². The molecular formula is C17H16N4O2. The maximum atomic E-state index is 12.4. The van der Waals surface area contributed by atoms with E-state index in [9.17, 15) is 4.79 Å². The number of benzene rings is 1. The molecule has 0 atom stereocenters. The molecule has 6 nitrogen and oxygen atoms in total. The first kappa shape index (κ1) is 14.9. The predicted octanol–water partition coefficient (Wildman–Crippen LogP) is 2.68. The van der Waals surface area contributed by atoms with Gasteiger partial charge in [0.2, 0.25) is 0 Å². The zero-order chi connectivity index (χ0) is 16.2. The summed E-state index contributed by atoms with van der Waals surface area (Å²) in [4.78, 5) is 24.8. The van der Waals surface area contributed by atoms with Crippen LogP contribution in [0.15, 0.2) is 47.1 Å². The van der Waals surface area contributed by atoms with Gasteiger partial charge in [0.1, 0.15) is 6.33 Å². The minimum Gasteiger partial charge on any atom is -0.440 e. The van der Waals surface area contributed by atoms with Crippen LogP contribution in [-0.4, -0.2) is 20.9 Å². The molecule has 2 aromatic heterocycles. The lowest BCUT2D eigenvalue weighted by Gasteiger charge is -2.04. The largest absolute Gasteiger partial charge is 0.440 e. The van der Waals surface area contributed by atoms with Crippen LogP contribution in [0, 0.1) is 13.8 Å². The zero-order valence-corrected chi connectivity index (χ0v) is 12.9. The third-order valence-corrected chi connectivity index (χ3v) is 3.28. The van der Waals surface area contributed by atoms with Gasteiger partial charge in [-0.2, -0.15) is 0 Å². The van der Waals surface area contributed by atoms with Crippen molar-refractivity contribution in [2.24, 2.45) is 0 Å². The Hall–Kier alpha value is -3.02. The van der Waals surface area contributed by atoms with E-state index in [1.54, 1.807) is 6.92 Å². The van der Waals surface area contributed by atoms with E-state index >= 15 is 0 Å². The van der Waals surface area contributed by atoms with Crippen LogP contribution in [0.25, 0.3) is 11.3 Å². The lowest BCUT2D eigenvalue weighted by atomic mass is 10.1. The molecule has 0 aliphatic rings. The van der Waals surface area contributed by atoms with Crippen molar-refractivity contribution >= 4 is 5.91 Å². The first-order valence-electron chi connectivity index (χ1n) is 7.22. The molecule has 0 radical (unpaired) electrons. The first-order valence-corrected chi connectivity index (χ1v) is 7.22. The van der Waals surface area contributed by atoms with E-state index in [1.165, 1.54) is 6.33 Å². The molecule has 3 rings (SSSR count). The number of nitrogens with zero attached hydrogens (tertiary/aromatic N) is 3. The van der Waals surface area contributed by atoms with Gasteiger partial charge in [-0.3, -0.25) is 4.79 Å². The van der Waals surface area contributed by atoms with E-state index in [-0.39, 0.29) is 11.6 Å². The van der Waals surface area contributed by atoms with Crippen molar-refractivity contribution in [1.29, 1.82) is 0 Å². The van der Waals surface area contributed by atoms with Gasteiger partial charge in [-0.05, 0) is 13.0 Å². The van der Waals surface area contributed by atoms with Crippen molar-refractivity contribution in [2.75, 3.05) is 0 Å². The quantitative estimate of drug-likeness (QED) is 0.801. The number of oxazole rings is 1. The van der Waals surface area contributed by atoms with Gasteiger partial charge in [0.15, 0.2) is 17.3 Å². The van der Waals surface area contributed by atoms with Gasteiger partial charge in [-0.15, -0.1) is 0 Å². The zero-order valence-electron chi connectivity index (χ0n) is 12.9. The summed E-state index contributed by atoms with van der Waals surface area (Å²) in [5, 5.41) is 2.81. The molecular weight excluding hydrogens is 292 g/mol. The maximum Gasteiger partial charge on any atom is 0.274 e. The lowest BCUT2D eigenvalue weighted by Crippen LogP contribution is -2.24. The number of aromatic nitrogens is 3. The van der Waals surface area contributed by atoms with E-state index in [0.717, 1.165) is 17.0 Å². The minimum absolute atomic E-state index is 0.277. The fraction of sp³-hybridized carbons (Fsp3) is 0.176. The summed E-state index contributed by atoms with van der Waals surface area (Å²) in [5.41, 5.74) is 2.69. The molecule has 0 aliphatic heterocycles. The number of carbonyl (C=O) groups is 1. The smallest absolute Gasteiger partial charge is 0.274 e. The van der Waals surface area contributed by atoms with Crippen LogP contribution in [0.2, 0.25) is 0 Å². The molecule has 116 valence electrons. The Kier molecular flexibility index (Phi) is 4.14. The highest BCUT2D eigenvalue weighted by atomic mass is 16.4. The van der Waals surface area contributed by atoms with Crippen molar-refractivity contribution in [3.8, 4) is 11.3 Å². The number of aryl methyl sites for hydroxylation is 2. The van der Waals surface area contributed by atoms with Crippen LogP contribution in [-0.2, 0) is 6.54 Å². The second kappa shape index (κ2) is 6.39. The SMILES string of the molecule is Cc1cc(CNC(=O)c2nc(C)oc2-c2ccccc2)ncn1. The summed E-state index contributed by atoms with van der Waals surface area (Å²) in [6.07, 6.45) is 1.48.